The fourth-order valence-electron chi connectivity index (χ4n) is 7.79. The summed E-state index contributed by atoms with van der Waals surface area (Å²) in [6.45, 7) is 4.96. The van der Waals surface area contributed by atoms with Crippen LogP contribution in [0, 0.1) is 11.8 Å². The molecule has 12 N–H and O–H groups in total. The van der Waals surface area contributed by atoms with Crippen molar-refractivity contribution in [2.75, 3.05) is 39.3 Å². The lowest BCUT2D eigenvalue weighted by Gasteiger charge is -2.30. The van der Waals surface area contributed by atoms with Crippen molar-refractivity contribution in [1.82, 2.24) is 47.0 Å². The van der Waals surface area contributed by atoms with Gasteiger partial charge in [-0.1, -0.05) is 52.0 Å². The largest absolute Gasteiger partial charge is 0.508 e. The third-order valence-electron chi connectivity index (χ3n) is 11.7. The van der Waals surface area contributed by atoms with Crippen molar-refractivity contribution in [3.05, 3.63) is 59.7 Å². The Labute approximate surface area is 399 Å². The Hall–Kier alpha value is -7.30. The maximum Gasteiger partial charge on any atom is 0.322 e. The van der Waals surface area contributed by atoms with Gasteiger partial charge in [0.15, 0.2) is 0 Å². The molecule has 9 amide bonds. The average molecular weight is 965 g/mol. The Bertz CT molecular complexity index is 2190. The van der Waals surface area contributed by atoms with Crippen LogP contribution in [-0.2, 0) is 60.8 Å². The lowest BCUT2D eigenvalue weighted by molar-refractivity contribution is -0.142. The topological polar surface area (TPSA) is 348 Å². The number of phenols is 2. The molecule has 2 aliphatic heterocycles. The van der Waals surface area contributed by atoms with Gasteiger partial charge in [0.05, 0.1) is 25.7 Å². The standard InChI is InChI=1S/C46H64N10O13/c1-25(2)39(47)45(68)55-17-5-7-33(55)43(66)49-21-35(59)52-31(19-27-9-13-29(57)14-10-27)41(64)48-23-37(61)54-40(26(3)4)46(69)56-18-6-8-34(56)44(67)50-22-36(60)53-32(42(65)51-24-38(62)63)20-28-11-15-30(58)16-12-28/h9-16,25-26,31-34,39-40,57-58H,5-8,17-24,47H2,1-4H3,(H,48,64)(H,49,66)(H,50,67)(H,51,65)(H,52,59)(H,53,60)(H,54,61)(H,62,63)/t31-,32-,33-,34-,39-,40-/m0/s1. The van der Waals surface area contributed by atoms with E-state index in [0.717, 1.165) is 0 Å². The van der Waals surface area contributed by atoms with Gasteiger partial charge >= 0.3 is 5.97 Å². The fraction of sp³-hybridized carbons (Fsp3) is 0.522. The molecule has 2 aromatic carbocycles. The smallest absolute Gasteiger partial charge is 0.322 e. The van der Waals surface area contributed by atoms with E-state index in [0.29, 0.717) is 36.9 Å². The van der Waals surface area contributed by atoms with Crippen LogP contribution in [0.4, 0.5) is 0 Å². The third-order valence-corrected chi connectivity index (χ3v) is 11.7. The van der Waals surface area contributed by atoms with Gasteiger partial charge in [0, 0.05) is 25.9 Å². The van der Waals surface area contributed by atoms with Gasteiger partial charge in [-0.2, -0.15) is 0 Å². The van der Waals surface area contributed by atoms with Crippen molar-refractivity contribution >= 4 is 59.1 Å². The predicted octanol–water partition coefficient (Wildman–Crippen LogP) is -2.49. The highest BCUT2D eigenvalue weighted by molar-refractivity contribution is 5.97. The molecule has 376 valence electrons. The number of carboxylic acids is 1. The highest BCUT2D eigenvalue weighted by Gasteiger charge is 2.40. The molecule has 2 fully saturated rings. The summed E-state index contributed by atoms with van der Waals surface area (Å²) < 4.78 is 0. The minimum absolute atomic E-state index is 0.0297. The van der Waals surface area contributed by atoms with Crippen LogP contribution >= 0.6 is 0 Å². The van der Waals surface area contributed by atoms with E-state index in [4.69, 9.17) is 10.8 Å². The summed E-state index contributed by atoms with van der Waals surface area (Å²) >= 11 is 0. The van der Waals surface area contributed by atoms with Crippen LogP contribution in [0.5, 0.6) is 11.5 Å². The number of benzene rings is 2. The number of likely N-dealkylation sites (tertiary alicyclic amines) is 2. The second kappa shape index (κ2) is 25.7. The SMILES string of the molecule is CC(C)[C@H](N)C(=O)N1CCC[C@H]1C(=O)NCC(=O)N[C@@H](Cc1ccc(O)cc1)C(=O)NCC(=O)N[C@H](C(=O)N1CCC[C@H]1C(=O)NCC(=O)N[C@@H](Cc1ccc(O)cc1)C(=O)NCC(=O)O)C(C)C. The van der Waals surface area contributed by atoms with E-state index in [1.165, 1.54) is 58.3 Å². The van der Waals surface area contributed by atoms with E-state index in [-0.39, 0.29) is 49.1 Å². The number of hydrogen-bond acceptors (Lipinski definition) is 13. The van der Waals surface area contributed by atoms with Gasteiger partial charge in [-0.3, -0.25) is 47.9 Å². The maximum atomic E-state index is 13.9. The number of carboxylic acid groups (broad SMARTS) is 1. The number of hydrogen-bond donors (Lipinski definition) is 11. The molecule has 0 radical (unpaired) electrons. The third kappa shape index (κ3) is 16.5. The van der Waals surface area contributed by atoms with Gasteiger partial charge in [0.1, 0.15) is 48.3 Å². The zero-order chi connectivity index (χ0) is 50.9. The summed E-state index contributed by atoms with van der Waals surface area (Å²) in [7, 11) is 0. The molecule has 0 saturated carbocycles. The van der Waals surface area contributed by atoms with Crippen LogP contribution in [0.1, 0.15) is 64.5 Å². The number of phenolic OH excluding ortho intramolecular Hbond substituents is 2. The first-order chi connectivity index (χ1) is 32.6. The number of carbonyl (C=O) groups excluding carboxylic acids is 9. The van der Waals surface area contributed by atoms with Gasteiger partial charge in [0.25, 0.3) is 0 Å². The van der Waals surface area contributed by atoms with Gasteiger partial charge in [-0.15, -0.1) is 0 Å². The van der Waals surface area contributed by atoms with Crippen molar-refractivity contribution in [3.63, 3.8) is 0 Å². The molecule has 6 atom stereocenters. The normalized spacial score (nSPS) is 17.2. The van der Waals surface area contributed by atoms with Gasteiger partial charge in [-0.05, 0) is 72.9 Å². The Morgan fingerprint density at radius 2 is 0.957 bits per heavy atom. The first-order valence-corrected chi connectivity index (χ1v) is 22.8. The highest BCUT2D eigenvalue weighted by Crippen LogP contribution is 2.22. The lowest BCUT2D eigenvalue weighted by atomic mass is 10.0. The predicted molar refractivity (Wildman–Crippen MR) is 246 cm³/mol. The zero-order valence-corrected chi connectivity index (χ0v) is 39.1. The van der Waals surface area contributed by atoms with E-state index in [9.17, 15) is 58.2 Å². The van der Waals surface area contributed by atoms with Crippen molar-refractivity contribution in [1.29, 1.82) is 0 Å². The van der Waals surface area contributed by atoms with Crippen molar-refractivity contribution < 1.29 is 63.3 Å². The first kappa shape index (κ1) is 54.3. The lowest BCUT2D eigenvalue weighted by Crippen LogP contribution is -2.57. The van der Waals surface area contributed by atoms with Gasteiger partial charge in [0.2, 0.25) is 53.2 Å². The molecule has 0 aliphatic carbocycles. The molecular formula is C46H64N10O13. The van der Waals surface area contributed by atoms with E-state index in [1.807, 2.05) is 0 Å². The molecule has 2 heterocycles. The molecule has 0 bridgehead atoms. The highest BCUT2D eigenvalue weighted by atomic mass is 16.4. The zero-order valence-electron chi connectivity index (χ0n) is 39.1. The molecule has 4 rings (SSSR count). The Morgan fingerprint density at radius 1 is 0.565 bits per heavy atom. The van der Waals surface area contributed by atoms with E-state index >= 15 is 0 Å². The molecular weight excluding hydrogens is 901 g/mol. The molecule has 2 aromatic rings. The van der Waals surface area contributed by atoms with Crippen LogP contribution in [0.25, 0.3) is 0 Å². The van der Waals surface area contributed by atoms with Crippen molar-refractivity contribution in [2.45, 2.75) is 102 Å². The van der Waals surface area contributed by atoms with Crippen molar-refractivity contribution in [3.8, 4) is 11.5 Å². The molecule has 23 heteroatoms. The molecule has 0 unspecified atom stereocenters. The average Bonchev–Trinajstić information content (AvgIpc) is 4.02. The number of aromatic hydroxyl groups is 2. The number of carbonyl (C=O) groups is 10. The van der Waals surface area contributed by atoms with Crippen LogP contribution < -0.4 is 43.0 Å². The summed E-state index contributed by atoms with van der Waals surface area (Å²) in [6.07, 6.45) is 1.46. The number of rotatable bonds is 23. The van der Waals surface area contributed by atoms with E-state index in [1.54, 1.807) is 27.7 Å². The minimum atomic E-state index is -1.31. The quantitative estimate of drug-likeness (QED) is 0.0549. The number of nitrogens with two attached hydrogens (primary N) is 1. The van der Waals surface area contributed by atoms with Crippen LogP contribution in [-0.4, -0.2) is 160 Å². The second-order valence-electron chi connectivity index (χ2n) is 17.7. The Balaban J connectivity index is 1.33. The summed E-state index contributed by atoms with van der Waals surface area (Å²) in [5, 5.41) is 45.7. The fourth-order valence-corrected chi connectivity index (χ4v) is 7.79. The van der Waals surface area contributed by atoms with Gasteiger partial charge in [-0.25, -0.2) is 0 Å². The number of nitrogens with one attached hydrogen (secondary N) is 7. The maximum absolute atomic E-state index is 13.9. The number of aliphatic carboxylic acids is 1. The monoisotopic (exact) mass is 964 g/mol. The van der Waals surface area contributed by atoms with E-state index in [2.05, 4.69) is 37.2 Å². The minimum Gasteiger partial charge on any atom is -0.508 e. The molecule has 0 spiro atoms. The summed E-state index contributed by atoms with van der Waals surface area (Å²) in [6, 6.07) is 5.34. The molecule has 2 saturated heterocycles. The van der Waals surface area contributed by atoms with Crippen LogP contribution in [0.2, 0.25) is 0 Å². The molecule has 69 heavy (non-hydrogen) atoms. The van der Waals surface area contributed by atoms with Crippen molar-refractivity contribution in [2.24, 2.45) is 17.6 Å². The van der Waals surface area contributed by atoms with Crippen LogP contribution in [0.15, 0.2) is 48.5 Å². The van der Waals surface area contributed by atoms with Crippen LogP contribution in [0.3, 0.4) is 0 Å². The number of nitrogens with zero attached hydrogens (tertiary/aromatic N) is 2. The number of amides is 9. The van der Waals surface area contributed by atoms with Gasteiger partial charge < -0.3 is 68.1 Å². The molecule has 0 aromatic heterocycles. The summed E-state index contributed by atoms with van der Waals surface area (Å²) in [4.78, 5) is 133. The molecule has 2 aliphatic rings. The van der Waals surface area contributed by atoms with E-state index < -0.39 is 122 Å². The summed E-state index contributed by atoms with van der Waals surface area (Å²) in [5.74, 6) is -8.09. The molecule has 23 nitrogen and oxygen atoms in total. The first-order valence-electron chi connectivity index (χ1n) is 22.8. The Morgan fingerprint density at radius 3 is 1.36 bits per heavy atom. The second-order valence-corrected chi connectivity index (χ2v) is 17.7. The summed E-state index contributed by atoms with van der Waals surface area (Å²) in [5.41, 5.74) is 7.12. The Kier molecular flexibility index (Phi) is 20.2.